The Morgan fingerprint density at radius 2 is 2.28 bits per heavy atom. The minimum Gasteiger partial charge on any atom is -0.353 e. The highest BCUT2D eigenvalue weighted by Gasteiger charge is 2.39. The molecule has 18 heavy (non-hydrogen) atoms. The fourth-order valence-corrected chi connectivity index (χ4v) is 3.52. The van der Waals surface area contributed by atoms with Gasteiger partial charge in [0, 0.05) is 12.5 Å². The minimum absolute atomic E-state index is 0.128. The van der Waals surface area contributed by atoms with Crippen molar-refractivity contribution >= 4 is 5.91 Å². The monoisotopic (exact) mass is 249 g/mol. The third-order valence-corrected chi connectivity index (χ3v) is 4.39. The highest BCUT2D eigenvalue weighted by Crippen LogP contribution is 2.43. The first kappa shape index (κ1) is 11.6. The Balaban J connectivity index is 1.46. The number of rotatable bonds is 4. The van der Waals surface area contributed by atoms with E-state index >= 15 is 0 Å². The van der Waals surface area contributed by atoms with Crippen LogP contribution in [0.1, 0.15) is 38.5 Å². The number of amides is 1. The topological polar surface area (TPSA) is 72.7 Å². The molecule has 0 radical (unpaired) electrons. The Hall–Kier alpha value is -1.46. The third-order valence-electron chi connectivity index (χ3n) is 4.39. The van der Waals surface area contributed by atoms with Crippen LogP contribution in [-0.2, 0) is 11.3 Å². The molecule has 1 aromatic rings. The number of hydrogen-bond acceptors (Lipinski definition) is 4. The normalized spacial score (nSPS) is 30.3. The molecule has 2 aliphatic carbocycles. The zero-order valence-corrected chi connectivity index (χ0v) is 10.5. The molecule has 0 bridgehead atoms. The van der Waals surface area contributed by atoms with E-state index in [1.54, 1.807) is 4.68 Å². The van der Waals surface area contributed by atoms with Crippen molar-refractivity contribution < 1.29 is 4.79 Å². The standard InChI is InChI=1S/C12H19N5O/c18-12(6-7-17-8-13-15-16-17)14-11-5-4-9-2-1-3-10(9)11/h8-11H,1-7H2,(H,14,18)/t9-,10-,11-/m0/s1. The predicted octanol–water partition coefficient (Wildman–Crippen LogP) is 0.758. The van der Waals surface area contributed by atoms with Gasteiger partial charge in [-0.1, -0.05) is 12.8 Å². The number of hydrogen-bond donors (Lipinski definition) is 1. The molecule has 2 aliphatic rings. The van der Waals surface area contributed by atoms with Crippen molar-refractivity contribution in [2.24, 2.45) is 11.8 Å². The van der Waals surface area contributed by atoms with Crippen LogP contribution in [0.2, 0.25) is 0 Å². The lowest BCUT2D eigenvalue weighted by molar-refractivity contribution is -0.122. The van der Waals surface area contributed by atoms with Gasteiger partial charge in [-0.25, -0.2) is 4.68 Å². The Labute approximate surface area is 106 Å². The molecule has 6 heteroatoms. The molecule has 98 valence electrons. The van der Waals surface area contributed by atoms with E-state index in [-0.39, 0.29) is 5.91 Å². The molecule has 2 fully saturated rings. The Bertz CT molecular complexity index is 405. The lowest BCUT2D eigenvalue weighted by atomic mass is 9.97. The molecule has 0 saturated heterocycles. The molecule has 3 rings (SSSR count). The highest BCUT2D eigenvalue weighted by molar-refractivity contribution is 5.76. The molecule has 1 amide bonds. The van der Waals surface area contributed by atoms with Crippen molar-refractivity contribution in [2.75, 3.05) is 0 Å². The summed E-state index contributed by atoms with van der Waals surface area (Å²) in [7, 11) is 0. The molecule has 0 spiro atoms. The molecule has 1 N–H and O–H groups in total. The first-order valence-electron chi connectivity index (χ1n) is 6.83. The fraction of sp³-hybridized carbons (Fsp3) is 0.833. The van der Waals surface area contributed by atoms with Gasteiger partial charge in [0.1, 0.15) is 6.33 Å². The number of carbonyl (C=O) groups is 1. The Kier molecular flexibility index (Phi) is 3.25. The van der Waals surface area contributed by atoms with E-state index in [0.29, 0.717) is 19.0 Å². The fourth-order valence-electron chi connectivity index (χ4n) is 3.52. The van der Waals surface area contributed by atoms with E-state index in [9.17, 15) is 4.79 Å². The van der Waals surface area contributed by atoms with Gasteiger partial charge in [-0.05, 0) is 41.5 Å². The van der Waals surface area contributed by atoms with Gasteiger partial charge in [0.25, 0.3) is 0 Å². The summed E-state index contributed by atoms with van der Waals surface area (Å²) in [5.74, 6) is 1.74. The predicted molar refractivity (Wildman–Crippen MR) is 64.4 cm³/mol. The number of nitrogens with one attached hydrogen (secondary N) is 1. The van der Waals surface area contributed by atoms with E-state index in [0.717, 1.165) is 18.3 Å². The minimum atomic E-state index is 0.128. The second-order valence-corrected chi connectivity index (χ2v) is 5.43. The summed E-state index contributed by atoms with van der Waals surface area (Å²) in [5.41, 5.74) is 0. The van der Waals surface area contributed by atoms with Gasteiger partial charge in [-0.15, -0.1) is 5.10 Å². The second kappa shape index (κ2) is 5.04. The molecule has 6 nitrogen and oxygen atoms in total. The van der Waals surface area contributed by atoms with E-state index in [1.165, 1.54) is 32.0 Å². The van der Waals surface area contributed by atoms with Crippen LogP contribution in [-0.4, -0.2) is 32.2 Å². The lowest BCUT2D eigenvalue weighted by Crippen LogP contribution is -2.38. The van der Waals surface area contributed by atoms with Crippen molar-refractivity contribution in [1.29, 1.82) is 0 Å². The van der Waals surface area contributed by atoms with Crippen LogP contribution in [0.3, 0.4) is 0 Å². The highest BCUT2D eigenvalue weighted by atomic mass is 16.1. The van der Waals surface area contributed by atoms with Crippen LogP contribution in [0.4, 0.5) is 0 Å². The molecule has 0 unspecified atom stereocenters. The second-order valence-electron chi connectivity index (χ2n) is 5.43. The summed E-state index contributed by atoms with van der Waals surface area (Å²) in [5, 5.41) is 14.0. The first-order chi connectivity index (χ1) is 8.83. The van der Waals surface area contributed by atoms with Crippen LogP contribution < -0.4 is 5.32 Å². The van der Waals surface area contributed by atoms with Crippen LogP contribution in [0.15, 0.2) is 6.33 Å². The van der Waals surface area contributed by atoms with Crippen molar-refractivity contribution in [2.45, 2.75) is 51.1 Å². The summed E-state index contributed by atoms with van der Waals surface area (Å²) in [6.45, 7) is 0.555. The number of aryl methyl sites for hydroxylation is 1. The van der Waals surface area contributed by atoms with Crippen molar-refractivity contribution in [3.63, 3.8) is 0 Å². The molecule has 1 aromatic heterocycles. The lowest BCUT2D eigenvalue weighted by Gasteiger charge is -2.19. The average Bonchev–Trinajstić information content (AvgIpc) is 3.05. The average molecular weight is 249 g/mol. The molecule has 3 atom stereocenters. The summed E-state index contributed by atoms with van der Waals surface area (Å²) in [4.78, 5) is 11.9. The number of aromatic nitrogens is 4. The van der Waals surface area contributed by atoms with E-state index < -0.39 is 0 Å². The zero-order chi connectivity index (χ0) is 12.4. The van der Waals surface area contributed by atoms with Crippen molar-refractivity contribution in [1.82, 2.24) is 25.5 Å². The van der Waals surface area contributed by atoms with Crippen molar-refractivity contribution in [3.8, 4) is 0 Å². The summed E-state index contributed by atoms with van der Waals surface area (Å²) >= 11 is 0. The van der Waals surface area contributed by atoms with Gasteiger partial charge < -0.3 is 5.32 Å². The van der Waals surface area contributed by atoms with E-state index in [2.05, 4.69) is 20.8 Å². The number of fused-ring (bicyclic) bond motifs is 1. The van der Waals surface area contributed by atoms with Gasteiger partial charge >= 0.3 is 0 Å². The van der Waals surface area contributed by atoms with Gasteiger partial charge in [0.2, 0.25) is 5.91 Å². The quantitative estimate of drug-likeness (QED) is 0.855. The van der Waals surface area contributed by atoms with Crippen LogP contribution >= 0.6 is 0 Å². The maximum Gasteiger partial charge on any atom is 0.222 e. The molecular weight excluding hydrogens is 230 g/mol. The molecule has 0 aliphatic heterocycles. The molecule has 1 heterocycles. The molecular formula is C12H19N5O. The number of carbonyl (C=O) groups excluding carboxylic acids is 1. The van der Waals surface area contributed by atoms with E-state index in [1.807, 2.05) is 0 Å². The Morgan fingerprint density at radius 3 is 3.11 bits per heavy atom. The van der Waals surface area contributed by atoms with Crippen LogP contribution in [0, 0.1) is 11.8 Å². The van der Waals surface area contributed by atoms with E-state index in [4.69, 9.17) is 0 Å². The van der Waals surface area contributed by atoms with Gasteiger partial charge in [0.05, 0.1) is 6.54 Å². The zero-order valence-electron chi connectivity index (χ0n) is 10.5. The largest absolute Gasteiger partial charge is 0.353 e. The smallest absolute Gasteiger partial charge is 0.222 e. The van der Waals surface area contributed by atoms with Gasteiger partial charge in [0.15, 0.2) is 0 Å². The first-order valence-corrected chi connectivity index (χ1v) is 6.83. The number of nitrogens with zero attached hydrogens (tertiary/aromatic N) is 4. The summed E-state index contributed by atoms with van der Waals surface area (Å²) in [6, 6.07) is 0.416. The third kappa shape index (κ3) is 2.37. The summed E-state index contributed by atoms with van der Waals surface area (Å²) < 4.78 is 1.59. The maximum absolute atomic E-state index is 11.9. The molecule has 0 aromatic carbocycles. The maximum atomic E-state index is 11.9. The Morgan fingerprint density at radius 1 is 1.33 bits per heavy atom. The van der Waals surface area contributed by atoms with Crippen LogP contribution in [0.25, 0.3) is 0 Å². The summed E-state index contributed by atoms with van der Waals surface area (Å²) in [6.07, 6.45) is 8.44. The van der Waals surface area contributed by atoms with Crippen molar-refractivity contribution in [3.05, 3.63) is 6.33 Å². The SMILES string of the molecule is O=C(CCn1cnnn1)N[C@H]1CC[C@@H]2CCC[C@@H]21. The number of tetrazole rings is 1. The van der Waals surface area contributed by atoms with Crippen LogP contribution in [0.5, 0.6) is 0 Å². The van der Waals surface area contributed by atoms with Gasteiger partial charge in [-0.3, -0.25) is 4.79 Å². The molecule has 2 saturated carbocycles. The van der Waals surface area contributed by atoms with Gasteiger partial charge in [-0.2, -0.15) is 0 Å².